The van der Waals surface area contributed by atoms with Crippen LogP contribution in [0.4, 0.5) is 4.79 Å². The van der Waals surface area contributed by atoms with Crippen molar-refractivity contribution in [3.8, 4) is 17.2 Å². The van der Waals surface area contributed by atoms with Gasteiger partial charge in [-0.1, -0.05) is 48.5 Å². The van der Waals surface area contributed by atoms with Gasteiger partial charge in [0, 0.05) is 12.3 Å². The lowest BCUT2D eigenvalue weighted by Gasteiger charge is -2.20. The van der Waals surface area contributed by atoms with Crippen LogP contribution < -0.4 is 10.6 Å². The van der Waals surface area contributed by atoms with E-state index in [9.17, 15) is 14.4 Å². The molecule has 0 heterocycles. The van der Waals surface area contributed by atoms with Gasteiger partial charge in [0.05, 0.1) is 6.07 Å². The maximum atomic E-state index is 12.6. The molecule has 3 N–H and O–H groups in total. The van der Waals surface area contributed by atoms with Crippen molar-refractivity contribution < 1.29 is 24.2 Å². The molecule has 1 aliphatic rings. The molecule has 172 valence electrons. The number of fused-ring (bicyclic) bond motifs is 3. The van der Waals surface area contributed by atoms with Gasteiger partial charge in [-0.15, -0.1) is 0 Å². The summed E-state index contributed by atoms with van der Waals surface area (Å²) in [5.74, 6) is -1.89. The number of hydrogen-bond donors (Lipinski definition) is 3. The molecule has 0 bridgehead atoms. The number of ether oxygens (including phenoxy) is 1. The van der Waals surface area contributed by atoms with Gasteiger partial charge in [-0.3, -0.25) is 9.59 Å². The number of hydrogen-bond acceptors (Lipinski definition) is 5. The van der Waals surface area contributed by atoms with Crippen molar-refractivity contribution in [1.29, 1.82) is 5.26 Å². The molecule has 0 aliphatic heterocycles. The van der Waals surface area contributed by atoms with E-state index < -0.39 is 30.1 Å². The first-order valence-corrected chi connectivity index (χ1v) is 10.9. The van der Waals surface area contributed by atoms with Crippen LogP contribution in [0.5, 0.6) is 0 Å². The van der Waals surface area contributed by atoms with Gasteiger partial charge < -0.3 is 20.5 Å². The van der Waals surface area contributed by atoms with Gasteiger partial charge in [-0.2, -0.15) is 5.26 Å². The van der Waals surface area contributed by atoms with E-state index in [1.807, 2.05) is 54.6 Å². The third kappa shape index (κ3) is 5.89. The van der Waals surface area contributed by atoms with Crippen LogP contribution in [0, 0.1) is 11.3 Å². The first-order valence-electron chi connectivity index (χ1n) is 10.9. The molecule has 0 spiro atoms. The smallest absolute Gasteiger partial charge is 0.407 e. The minimum atomic E-state index is -1.17. The number of nitrogens with zero attached hydrogens (tertiary/aromatic N) is 1. The van der Waals surface area contributed by atoms with Crippen LogP contribution in [-0.2, 0) is 14.3 Å². The summed E-state index contributed by atoms with van der Waals surface area (Å²) in [4.78, 5) is 36.2. The molecule has 33 heavy (non-hydrogen) atoms. The Hall–Kier alpha value is -3.86. The first kappa shape index (κ1) is 23.8. The van der Waals surface area contributed by atoms with Gasteiger partial charge in [0.1, 0.15) is 18.7 Å². The fourth-order valence-corrected chi connectivity index (χ4v) is 3.98. The Morgan fingerprint density at radius 1 is 1.03 bits per heavy atom. The maximum absolute atomic E-state index is 12.6. The highest BCUT2D eigenvalue weighted by Crippen LogP contribution is 2.44. The molecule has 3 rings (SSSR count). The van der Waals surface area contributed by atoms with Crippen molar-refractivity contribution in [1.82, 2.24) is 10.6 Å². The van der Waals surface area contributed by atoms with Gasteiger partial charge in [0.2, 0.25) is 5.91 Å². The van der Waals surface area contributed by atoms with Crippen molar-refractivity contribution in [3.05, 3.63) is 59.7 Å². The minimum Gasteiger partial charge on any atom is -0.480 e. The Morgan fingerprint density at radius 3 is 2.21 bits per heavy atom. The van der Waals surface area contributed by atoms with Crippen molar-refractivity contribution >= 4 is 18.0 Å². The fourth-order valence-electron chi connectivity index (χ4n) is 3.98. The maximum Gasteiger partial charge on any atom is 0.407 e. The average Bonchev–Trinajstić information content (AvgIpc) is 3.13. The number of benzene rings is 2. The largest absolute Gasteiger partial charge is 0.480 e. The van der Waals surface area contributed by atoms with Gasteiger partial charge in [-0.25, -0.2) is 4.79 Å². The quantitative estimate of drug-likeness (QED) is 0.476. The molecule has 2 atom stereocenters. The van der Waals surface area contributed by atoms with E-state index >= 15 is 0 Å². The van der Waals surface area contributed by atoms with Gasteiger partial charge in [-0.05, 0) is 48.4 Å². The third-order valence-electron chi connectivity index (χ3n) is 5.71. The predicted molar refractivity (Wildman–Crippen MR) is 121 cm³/mol. The molecule has 8 heteroatoms. The number of carboxylic acid groups (broad SMARTS) is 1. The number of nitriles is 1. The van der Waals surface area contributed by atoms with Gasteiger partial charge in [0.15, 0.2) is 0 Å². The number of aliphatic carboxylic acids is 1. The Bertz CT molecular complexity index is 1020. The molecular formula is C25H27N3O5. The van der Waals surface area contributed by atoms with Crippen LogP contribution >= 0.6 is 0 Å². The monoisotopic (exact) mass is 449 g/mol. The summed E-state index contributed by atoms with van der Waals surface area (Å²) in [6.07, 6.45) is 0.951. The number of amides is 2. The lowest BCUT2D eigenvalue weighted by atomic mass is 9.98. The zero-order valence-electron chi connectivity index (χ0n) is 18.4. The summed E-state index contributed by atoms with van der Waals surface area (Å²) in [7, 11) is 0. The van der Waals surface area contributed by atoms with Crippen molar-refractivity contribution in [2.75, 3.05) is 6.61 Å². The molecule has 1 unspecified atom stereocenters. The second-order valence-electron chi connectivity index (χ2n) is 7.99. The summed E-state index contributed by atoms with van der Waals surface area (Å²) < 4.78 is 5.50. The van der Waals surface area contributed by atoms with Crippen LogP contribution in [-0.4, -0.2) is 41.8 Å². The molecule has 8 nitrogen and oxygen atoms in total. The molecular weight excluding hydrogens is 422 g/mol. The second kappa shape index (κ2) is 11.1. The minimum absolute atomic E-state index is 0.105. The summed E-state index contributed by atoms with van der Waals surface area (Å²) >= 11 is 0. The number of alkyl carbamates (subject to hydrolysis) is 1. The zero-order valence-corrected chi connectivity index (χ0v) is 18.4. The Morgan fingerprint density at radius 2 is 1.64 bits per heavy atom. The number of carbonyl (C=O) groups excluding carboxylic acids is 2. The highest BCUT2D eigenvalue weighted by Gasteiger charge is 2.30. The SMILES string of the molecule is C[C@H](NC(=O)C(CCCCC#N)NC(=O)OCC1c2ccccc2-c2ccccc21)C(=O)O. The van der Waals surface area contributed by atoms with E-state index in [4.69, 9.17) is 15.1 Å². The number of rotatable bonds is 10. The van der Waals surface area contributed by atoms with Crippen LogP contribution in [0.15, 0.2) is 48.5 Å². The fraction of sp³-hybridized carbons (Fsp3) is 0.360. The van der Waals surface area contributed by atoms with E-state index in [1.54, 1.807) is 0 Å². The number of carbonyl (C=O) groups is 3. The van der Waals surface area contributed by atoms with Crippen LogP contribution in [0.3, 0.4) is 0 Å². The zero-order chi connectivity index (χ0) is 23.8. The first-order chi connectivity index (χ1) is 15.9. The number of carboxylic acids is 1. The van der Waals surface area contributed by atoms with E-state index in [-0.39, 0.29) is 18.9 Å². The predicted octanol–water partition coefficient (Wildman–Crippen LogP) is 3.57. The van der Waals surface area contributed by atoms with Crippen molar-refractivity contribution in [2.24, 2.45) is 0 Å². The molecule has 0 fully saturated rings. The lowest BCUT2D eigenvalue weighted by Crippen LogP contribution is -2.50. The highest BCUT2D eigenvalue weighted by atomic mass is 16.5. The summed E-state index contributed by atoms with van der Waals surface area (Å²) in [6, 6.07) is 15.9. The summed E-state index contributed by atoms with van der Waals surface area (Å²) in [5.41, 5.74) is 4.37. The number of nitrogens with one attached hydrogen (secondary N) is 2. The van der Waals surface area contributed by atoms with Crippen LogP contribution in [0.1, 0.15) is 49.7 Å². The van der Waals surface area contributed by atoms with E-state index in [1.165, 1.54) is 6.92 Å². The summed E-state index contributed by atoms with van der Waals surface area (Å²) in [6.45, 7) is 1.45. The van der Waals surface area contributed by atoms with Gasteiger partial charge >= 0.3 is 12.1 Å². The Labute approximate surface area is 192 Å². The molecule has 0 radical (unpaired) electrons. The van der Waals surface area contributed by atoms with E-state index in [0.29, 0.717) is 19.3 Å². The molecule has 2 amide bonds. The van der Waals surface area contributed by atoms with Crippen molar-refractivity contribution in [2.45, 2.75) is 50.6 Å². The average molecular weight is 450 g/mol. The molecule has 0 saturated carbocycles. The summed E-state index contributed by atoms with van der Waals surface area (Å²) in [5, 5.41) is 22.7. The van der Waals surface area contributed by atoms with Crippen LogP contribution in [0.2, 0.25) is 0 Å². The molecule has 2 aromatic carbocycles. The van der Waals surface area contributed by atoms with E-state index in [0.717, 1.165) is 22.3 Å². The molecule has 1 aliphatic carbocycles. The molecule has 0 aromatic heterocycles. The molecule has 2 aromatic rings. The van der Waals surface area contributed by atoms with Crippen LogP contribution in [0.25, 0.3) is 11.1 Å². The van der Waals surface area contributed by atoms with E-state index in [2.05, 4.69) is 10.6 Å². The Kier molecular flexibility index (Phi) is 8.03. The Balaban J connectivity index is 1.64. The van der Waals surface area contributed by atoms with Gasteiger partial charge in [0.25, 0.3) is 0 Å². The standard InChI is InChI=1S/C25H27N3O5/c1-16(24(30)31)27-23(29)22(13-3-2-8-14-26)28-25(32)33-15-21-19-11-6-4-9-17(19)18-10-5-7-12-20(18)21/h4-7,9-12,16,21-22H,2-3,8,13,15H2,1H3,(H,27,29)(H,28,32)(H,30,31)/t16-,22?/m0/s1. The third-order valence-corrected chi connectivity index (χ3v) is 5.71. The normalized spacial score (nSPS) is 13.7. The topological polar surface area (TPSA) is 129 Å². The highest BCUT2D eigenvalue weighted by molar-refractivity contribution is 5.89. The van der Waals surface area contributed by atoms with Crippen molar-refractivity contribution in [3.63, 3.8) is 0 Å². The lowest BCUT2D eigenvalue weighted by molar-refractivity contribution is -0.141. The number of unbranched alkanes of at least 4 members (excludes halogenated alkanes) is 2. The second-order valence-corrected chi connectivity index (χ2v) is 7.99. The molecule has 0 saturated heterocycles.